The van der Waals surface area contributed by atoms with Gasteiger partial charge in [0.05, 0.1) is 6.26 Å². The Morgan fingerprint density at radius 2 is 1.95 bits per heavy atom. The van der Waals surface area contributed by atoms with Gasteiger partial charge >= 0.3 is 0 Å². The minimum absolute atomic E-state index is 0.186. The van der Waals surface area contributed by atoms with Crippen molar-refractivity contribution in [2.75, 3.05) is 0 Å². The summed E-state index contributed by atoms with van der Waals surface area (Å²) in [5.74, 6) is 2.10. The van der Waals surface area contributed by atoms with Gasteiger partial charge in [-0.3, -0.25) is 0 Å². The molecule has 3 nitrogen and oxygen atoms in total. The molecule has 1 unspecified atom stereocenters. The van der Waals surface area contributed by atoms with Gasteiger partial charge in [-0.25, -0.2) is 0 Å². The molecule has 2 aromatic heterocycles. The summed E-state index contributed by atoms with van der Waals surface area (Å²) in [7, 11) is 0. The zero-order chi connectivity index (χ0) is 14.6. The molecule has 108 valence electrons. The average molecular weight is 274 g/mol. The van der Waals surface area contributed by atoms with Crippen LogP contribution in [0, 0.1) is 5.41 Å². The van der Waals surface area contributed by atoms with E-state index in [0.29, 0.717) is 11.5 Å². The van der Waals surface area contributed by atoms with Crippen molar-refractivity contribution in [3.8, 4) is 0 Å². The van der Waals surface area contributed by atoms with Crippen molar-refractivity contribution in [3.63, 3.8) is 0 Å². The Kier molecular flexibility index (Phi) is 4.50. The molecule has 0 aliphatic rings. The average Bonchev–Trinajstić information content (AvgIpc) is 3.07. The molecular formula is C17H22O3. The first-order chi connectivity index (χ1) is 9.53. The first-order valence-corrected chi connectivity index (χ1v) is 7.02. The fraction of sp³-hybridized carbons (Fsp3) is 0.412. The summed E-state index contributed by atoms with van der Waals surface area (Å²) in [5.41, 5.74) is -0.186. The van der Waals surface area contributed by atoms with Crippen LogP contribution in [-0.2, 0) is 0 Å². The van der Waals surface area contributed by atoms with Crippen molar-refractivity contribution < 1.29 is 13.9 Å². The Morgan fingerprint density at radius 3 is 2.60 bits per heavy atom. The van der Waals surface area contributed by atoms with Gasteiger partial charge in [0.2, 0.25) is 0 Å². The van der Waals surface area contributed by atoms with Crippen molar-refractivity contribution in [2.45, 2.75) is 39.7 Å². The standard InChI is InChI=1S/C17H22O3/c1-4-11-17(2,3)16(18)15-10-9-14(20-15)8-7-13-6-5-12-19-13/h5-10,12,16,18H,4,11H2,1-3H3. The number of hydrogen-bond donors (Lipinski definition) is 1. The summed E-state index contributed by atoms with van der Waals surface area (Å²) in [5, 5.41) is 10.4. The van der Waals surface area contributed by atoms with Crippen LogP contribution in [0.25, 0.3) is 12.2 Å². The minimum atomic E-state index is -0.590. The third-order valence-corrected chi connectivity index (χ3v) is 3.51. The second kappa shape index (κ2) is 6.14. The fourth-order valence-corrected chi connectivity index (χ4v) is 2.32. The summed E-state index contributed by atoms with van der Waals surface area (Å²) in [6.45, 7) is 6.23. The molecule has 0 bridgehead atoms. The predicted octanol–water partition coefficient (Wildman–Crippen LogP) is 4.90. The van der Waals surface area contributed by atoms with Gasteiger partial charge in [-0.1, -0.05) is 27.2 Å². The highest BCUT2D eigenvalue weighted by molar-refractivity contribution is 5.64. The second-order valence-electron chi connectivity index (χ2n) is 5.73. The summed E-state index contributed by atoms with van der Waals surface area (Å²) in [6, 6.07) is 7.41. The topological polar surface area (TPSA) is 46.5 Å². The maximum atomic E-state index is 10.4. The molecule has 3 heteroatoms. The first-order valence-electron chi connectivity index (χ1n) is 7.02. The van der Waals surface area contributed by atoms with Crippen LogP contribution in [0.4, 0.5) is 0 Å². The zero-order valence-corrected chi connectivity index (χ0v) is 12.3. The third-order valence-electron chi connectivity index (χ3n) is 3.51. The van der Waals surface area contributed by atoms with Gasteiger partial charge in [-0.2, -0.15) is 0 Å². The lowest BCUT2D eigenvalue weighted by molar-refractivity contribution is 0.0249. The quantitative estimate of drug-likeness (QED) is 0.814. The van der Waals surface area contributed by atoms with E-state index in [1.807, 2.05) is 36.4 Å². The molecule has 0 saturated heterocycles. The summed E-state index contributed by atoms with van der Waals surface area (Å²) in [6.07, 6.45) is 6.70. The molecule has 0 saturated carbocycles. The van der Waals surface area contributed by atoms with E-state index >= 15 is 0 Å². The zero-order valence-electron chi connectivity index (χ0n) is 12.3. The van der Waals surface area contributed by atoms with Crippen molar-refractivity contribution in [1.29, 1.82) is 0 Å². The van der Waals surface area contributed by atoms with Gasteiger partial charge in [0.15, 0.2) is 0 Å². The molecule has 0 aliphatic carbocycles. The molecule has 0 amide bonds. The van der Waals surface area contributed by atoms with Crippen LogP contribution in [0.1, 0.15) is 57.0 Å². The number of hydrogen-bond acceptors (Lipinski definition) is 3. The van der Waals surface area contributed by atoms with E-state index in [-0.39, 0.29) is 5.41 Å². The van der Waals surface area contributed by atoms with Gasteiger partial charge in [0, 0.05) is 0 Å². The Balaban J connectivity index is 2.09. The van der Waals surface area contributed by atoms with Crippen molar-refractivity contribution in [2.24, 2.45) is 5.41 Å². The first kappa shape index (κ1) is 14.7. The van der Waals surface area contributed by atoms with E-state index in [0.717, 1.165) is 18.6 Å². The van der Waals surface area contributed by atoms with Crippen LogP contribution in [0.2, 0.25) is 0 Å². The lowest BCUT2D eigenvalue weighted by Gasteiger charge is -2.28. The van der Waals surface area contributed by atoms with Crippen LogP contribution in [0.5, 0.6) is 0 Å². The monoisotopic (exact) mass is 274 g/mol. The van der Waals surface area contributed by atoms with Crippen LogP contribution >= 0.6 is 0 Å². The number of rotatable bonds is 6. The Bertz CT molecular complexity index is 547. The van der Waals surface area contributed by atoms with Crippen LogP contribution < -0.4 is 0 Å². The Labute approximate surface area is 119 Å². The lowest BCUT2D eigenvalue weighted by Crippen LogP contribution is -2.21. The molecule has 0 aliphatic heterocycles. The maximum absolute atomic E-state index is 10.4. The molecule has 1 atom stereocenters. The molecule has 0 spiro atoms. The van der Waals surface area contributed by atoms with E-state index in [9.17, 15) is 5.11 Å². The summed E-state index contributed by atoms with van der Waals surface area (Å²) < 4.78 is 10.9. The summed E-state index contributed by atoms with van der Waals surface area (Å²) in [4.78, 5) is 0. The SMILES string of the molecule is CCCC(C)(C)C(O)c1ccc(C=Cc2ccco2)o1. The van der Waals surface area contributed by atoms with E-state index in [1.165, 1.54) is 0 Å². The largest absolute Gasteiger partial charge is 0.465 e. The molecule has 0 aromatic carbocycles. The normalized spacial score (nSPS) is 14.0. The maximum Gasteiger partial charge on any atom is 0.133 e. The Hall–Kier alpha value is -1.74. The number of aliphatic hydroxyl groups is 1. The molecule has 0 fully saturated rings. The Morgan fingerprint density at radius 1 is 1.20 bits per heavy atom. The highest BCUT2D eigenvalue weighted by Gasteiger charge is 2.30. The van der Waals surface area contributed by atoms with Crippen molar-refractivity contribution >= 4 is 12.2 Å². The highest BCUT2D eigenvalue weighted by atomic mass is 16.4. The fourth-order valence-electron chi connectivity index (χ4n) is 2.32. The number of furan rings is 2. The van der Waals surface area contributed by atoms with E-state index < -0.39 is 6.10 Å². The lowest BCUT2D eigenvalue weighted by atomic mass is 9.81. The van der Waals surface area contributed by atoms with Gasteiger partial charge in [-0.15, -0.1) is 0 Å². The smallest absolute Gasteiger partial charge is 0.133 e. The molecule has 2 aromatic rings. The van der Waals surface area contributed by atoms with E-state index in [1.54, 1.807) is 6.26 Å². The van der Waals surface area contributed by atoms with Gasteiger partial charge in [0.1, 0.15) is 23.4 Å². The van der Waals surface area contributed by atoms with Crippen LogP contribution in [-0.4, -0.2) is 5.11 Å². The van der Waals surface area contributed by atoms with Crippen molar-refractivity contribution in [1.82, 2.24) is 0 Å². The predicted molar refractivity (Wildman–Crippen MR) is 80.0 cm³/mol. The number of aliphatic hydroxyl groups excluding tert-OH is 1. The molecule has 0 radical (unpaired) electrons. The van der Waals surface area contributed by atoms with E-state index in [4.69, 9.17) is 8.83 Å². The van der Waals surface area contributed by atoms with Crippen LogP contribution in [0.3, 0.4) is 0 Å². The van der Waals surface area contributed by atoms with Gasteiger partial charge in [0.25, 0.3) is 0 Å². The summed E-state index contributed by atoms with van der Waals surface area (Å²) >= 11 is 0. The molecule has 20 heavy (non-hydrogen) atoms. The van der Waals surface area contributed by atoms with Gasteiger partial charge < -0.3 is 13.9 Å². The van der Waals surface area contributed by atoms with E-state index in [2.05, 4.69) is 20.8 Å². The van der Waals surface area contributed by atoms with Crippen LogP contribution in [0.15, 0.2) is 39.4 Å². The molecule has 2 heterocycles. The third kappa shape index (κ3) is 3.42. The molecular weight excluding hydrogens is 252 g/mol. The molecule has 1 N–H and O–H groups in total. The second-order valence-corrected chi connectivity index (χ2v) is 5.73. The van der Waals surface area contributed by atoms with Gasteiger partial charge in [-0.05, 0) is 48.3 Å². The molecule has 2 rings (SSSR count). The minimum Gasteiger partial charge on any atom is -0.465 e. The highest BCUT2D eigenvalue weighted by Crippen LogP contribution is 2.38. The van der Waals surface area contributed by atoms with Crippen molar-refractivity contribution in [3.05, 3.63) is 47.8 Å².